The molecule has 1 heterocycles. The van der Waals surface area contributed by atoms with Crippen LogP contribution in [-0.2, 0) is 4.79 Å². The summed E-state index contributed by atoms with van der Waals surface area (Å²) < 4.78 is 5.70. The van der Waals surface area contributed by atoms with Gasteiger partial charge in [-0.3, -0.25) is 4.79 Å². The van der Waals surface area contributed by atoms with Crippen molar-refractivity contribution < 1.29 is 19.1 Å². The minimum atomic E-state index is -1.17. The van der Waals surface area contributed by atoms with Crippen molar-refractivity contribution >= 4 is 11.9 Å². The van der Waals surface area contributed by atoms with E-state index in [0.29, 0.717) is 24.4 Å². The fourth-order valence-corrected chi connectivity index (χ4v) is 3.48. The van der Waals surface area contributed by atoms with Gasteiger partial charge in [-0.15, -0.1) is 0 Å². The van der Waals surface area contributed by atoms with Crippen LogP contribution >= 0.6 is 0 Å². The summed E-state index contributed by atoms with van der Waals surface area (Å²) in [6.45, 7) is 1.70. The van der Waals surface area contributed by atoms with Crippen molar-refractivity contribution in [2.75, 3.05) is 7.05 Å². The van der Waals surface area contributed by atoms with Gasteiger partial charge in [0.15, 0.2) is 0 Å². The van der Waals surface area contributed by atoms with Crippen LogP contribution in [0.5, 0.6) is 0 Å². The number of likely N-dealkylation sites (N-methyl/N-ethyl adjacent to an activating group) is 1. The summed E-state index contributed by atoms with van der Waals surface area (Å²) in [4.78, 5) is 30.5. The number of amides is 1. The molecule has 2 aromatic rings. The third-order valence-electron chi connectivity index (χ3n) is 5.04. The Labute approximate surface area is 146 Å². The maximum absolute atomic E-state index is 12.9. The fraction of sp³-hybridized carbons (Fsp3) is 0.421. The van der Waals surface area contributed by atoms with Gasteiger partial charge in [0, 0.05) is 12.6 Å². The minimum absolute atomic E-state index is 0.104. The Kier molecular flexibility index (Phi) is 4.61. The van der Waals surface area contributed by atoms with Crippen molar-refractivity contribution in [2.24, 2.45) is 0 Å². The van der Waals surface area contributed by atoms with Gasteiger partial charge in [-0.2, -0.15) is 0 Å². The molecule has 6 heteroatoms. The highest BCUT2D eigenvalue weighted by Crippen LogP contribution is 2.35. The topological polar surface area (TPSA) is 83.6 Å². The summed E-state index contributed by atoms with van der Waals surface area (Å²) in [5.74, 6) is -0.921. The van der Waals surface area contributed by atoms with Crippen LogP contribution in [0.4, 0.5) is 0 Å². The molecule has 0 radical (unpaired) electrons. The molecule has 1 aliphatic rings. The second-order valence-electron chi connectivity index (χ2n) is 6.56. The first-order chi connectivity index (χ1) is 12.0. The first-order valence-corrected chi connectivity index (χ1v) is 8.50. The highest BCUT2D eigenvalue weighted by atomic mass is 16.4. The van der Waals surface area contributed by atoms with Crippen LogP contribution in [0.2, 0.25) is 0 Å². The van der Waals surface area contributed by atoms with E-state index in [0.717, 1.165) is 24.8 Å². The molecule has 3 rings (SSSR count). The molecule has 1 fully saturated rings. The zero-order valence-corrected chi connectivity index (χ0v) is 14.5. The van der Waals surface area contributed by atoms with Gasteiger partial charge in [0.05, 0.1) is 5.69 Å². The Morgan fingerprint density at radius 1 is 1.16 bits per heavy atom. The van der Waals surface area contributed by atoms with E-state index in [1.807, 2.05) is 30.3 Å². The molecule has 6 nitrogen and oxygen atoms in total. The van der Waals surface area contributed by atoms with Gasteiger partial charge in [0.1, 0.15) is 5.54 Å². The molecule has 1 aromatic carbocycles. The molecule has 0 bridgehead atoms. The molecule has 1 amide bonds. The average molecular weight is 342 g/mol. The number of carboxylic acids is 1. The van der Waals surface area contributed by atoms with E-state index in [9.17, 15) is 14.7 Å². The van der Waals surface area contributed by atoms with Crippen LogP contribution in [0, 0.1) is 6.92 Å². The van der Waals surface area contributed by atoms with Gasteiger partial charge < -0.3 is 14.4 Å². The summed E-state index contributed by atoms with van der Waals surface area (Å²) >= 11 is 0. The smallest absolute Gasteiger partial charge is 0.329 e. The molecule has 0 atom stereocenters. The van der Waals surface area contributed by atoms with Crippen LogP contribution in [-0.4, -0.2) is 39.5 Å². The molecule has 1 saturated carbocycles. The Balaban J connectivity index is 1.92. The van der Waals surface area contributed by atoms with Crippen molar-refractivity contribution in [1.82, 2.24) is 9.88 Å². The van der Waals surface area contributed by atoms with Crippen LogP contribution in [0.15, 0.2) is 34.7 Å². The second-order valence-corrected chi connectivity index (χ2v) is 6.56. The highest BCUT2D eigenvalue weighted by Gasteiger charge is 2.46. The Bertz CT molecular complexity index is 776. The number of aryl methyl sites for hydroxylation is 1. The number of hydrogen-bond donors (Lipinski definition) is 1. The Morgan fingerprint density at radius 3 is 2.40 bits per heavy atom. The first-order valence-electron chi connectivity index (χ1n) is 8.50. The Morgan fingerprint density at radius 2 is 1.80 bits per heavy atom. The molecule has 0 aliphatic heterocycles. The summed E-state index contributed by atoms with van der Waals surface area (Å²) in [5.41, 5.74) is 0.0755. The third-order valence-corrected chi connectivity index (χ3v) is 5.04. The lowest BCUT2D eigenvalue weighted by Crippen LogP contribution is -2.56. The predicted octanol–water partition coefficient (Wildman–Crippen LogP) is 3.51. The van der Waals surface area contributed by atoms with Gasteiger partial charge in [0.2, 0.25) is 11.7 Å². The SMILES string of the molecule is Cc1nc(-c2ccccc2)oc1C(=O)N(C)C1(C(=O)O)CCCCC1. The fourth-order valence-electron chi connectivity index (χ4n) is 3.48. The number of carboxylic acid groups (broad SMARTS) is 1. The third kappa shape index (κ3) is 3.04. The van der Waals surface area contributed by atoms with E-state index >= 15 is 0 Å². The molecular weight excluding hydrogens is 320 g/mol. The van der Waals surface area contributed by atoms with Gasteiger partial charge in [-0.1, -0.05) is 37.5 Å². The lowest BCUT2D eigenvalue weighted by Gasteiger charge is -2.40. The lowest BCUT2D eigenvalue weighted by atomic mass is 9.80. The number of oxazole rings is 1. The highest BCUT2D eigenvalue weighted by molar-refractivity contribution is 5.96. The van der Waals surface area contributed by atoms with Crippen molar-refractivity contribution in [3.63, 3.8) is 0 Å². The standard InChI is InChI=1S/C19H22N2O4/c1-13-15(25-16(20-13)14-9-5-3-6-10-14)17(22)21(2)19(18(23)24)11-7-4-8-12-19/h3,5-6,9-10H,4,7-8,11-12H2,1-2H3,(H,23,24). The molecule has 1 aromatic heterocycles. The molecule has 0 unspecified atom stereocenters. The van der Waals surface area contributed by atoms with Crippen molar-refractivity contribution in [3.05, 3.63) is 41.8 Å². The van der Waals surface area contributed by atoms with Crippen LogP contribution in [0.3, 0.4) is 0 Å². The molecule has 0 saturated heterocycles. The largest absolute Gasteiger partial charge is 0.479 e. The molecule has 1 aliphatic carbocycles. The first kappa shape index (κ1) is 17.2. The summed E-state index contributed by atoms with van der Waals surface area (Å²) in [6, 6.07) is 9.32. The molecule has 0 spiro atoms. The van der Waals surface area contributed by atoms with Gasteiger partial charge in [-0.25, -0.2) is 9.78 Å². The van der Waals surface area contributed by atoms with E-state index < -0.39 is 17.4 Å². The number of carbonyl (C=O) groups excluding carboxylic acids is 1. The number of benzene rings is 1. The summed E-state index contributed by atoms with van der Waals surface area (Å²) in [6.07, 6.45) is 3.52. The molecule has 132 valence electrons. The number of carbonyl (C=O) groups is 2. The maximum atomic E-state index is 12.9. The number of rotatable bonds is 4. The normalized spacial score (nSPS) is 16.4. The van der Waals surface area contributed by atoms with E-state index in [2.05, 4.69) is 4.98 Å². The summed E-state index contributed by atoms with van der Waals surface area (Å²) in [5, 5.41) is 9.77. The predicted molar refractivity (Wildman–Crippen MR) is 92.2 cm³/mol. The van der Waals surface area contributed by atoms with Crippen LogP contribution in [0.1, 0.15) is 48.4 Å². The van der Waals surface area contributed by atoms with E-state index in [4.69, 9.17) is 4.42 Å². The Hall–Kier alpha value is -2.63. The maximum Gasteiger partial charge on any atom is 0.329 e. The van der Waals surface area contributed by atoms with E-state index in [1.165, 1.54) is 4.90 Å². The molecule has 25 heavy (non-hydrogen) atoms. The number of aromatic nitrogens is 1. The van der Waals surface area contributed by atoms with E-state index in [-0.39, 0.29) is 5.76 Å². The van der Waals surface area contributed by atoms with Crippen LogP contribution < -0.4 is 0 Å². The van der Waals surface area contributed by atoms with Gasteiger partial charge in [-0.05, 0) is 31.9 Å². The number of hydrogen-bond acceptors (Lipinski definition) is 4. The monoisotopic (exact) mass is 342 g/mol. The molecular formula is C19H22N2O4. The zero-order valence-electron chi connectivity index (χ0n) is 14.5. The van der Waals surface area contributed by atoms with Gasteiger partial charge >= 0.3 is 5.97 Å². The van der Waals surface area contributed by atoms with Gasteiger partial charge in [0.25, 0.3) is 5.91 Å². The van der Waals surface area contributed by atoms with Crippen molar-refractivity contribution in [1.29, 1.82) is 0 Å². The van der Waals surface area contributed by atoms with E-state index in [1.54, 1.807) is 14.0 Å². The van der Waals surface area contributed by atoms with Crippen molar-refractivity contribution in [3.8, 4) is 11.5 Å². The quantitative estimate of drug-likeness (QED) is 0.919. The number of aliphatic carboxylic acids is 1. The van der Waals surface area contributed by atoms with Crippen molar-refractivity contribution in [2.45, 2.75) is 44.6 Å². The summed E-state index contributed by atoms with van der Waals surface area (Å²) in [7, 11) is 1.55. The van der Waals surface area contributed by atoms with Crippen LogP contribution in [0.25, 0.3) is 11.5 Å². The lowest BCUT2D eigenvalue weighted by molar-refractivity contribution is -0.151. The number of nitrogens with zero attached hydrogens (tertiary/aromatic N) is 2. The second kappa shape index (κ2) is 6.70. The molecule has 1 N–H and O–H groups in total. The minimum Gasteiger partial charge on any atom is -0.479 e. The zero-order chi connectivity index (χ0) is 18.0. The average Bonchev–Trinajstić information content (AvgIpc) is 3.03.